The van der Waals surface area contributed by atoms with E-state index in [9.17, 15) is 15.2 Å². The molecule has 4 nitrogen and oxygen atoms in total. The molecule has 0 spiro atoms. The van der Waals surface area contributed by atoms with Gasteiger partial charge in [0, 0.05) is 0 Å². The number of methoxy groups -OCH3 is 1. The first kappa shape index (κ1) is 14.6. The highest BCUT2D eigenvalue weighted by Gasteiger charge is 2.16. The van der Waals surface area contributed by atoms with Crippen LogP contribution in [0.5, 0.6) is 5.75 Å². The molecule has 0 fully saturated rings. The number of rotatable bonds is 5. The van der Waals surface area contributed by atoms with Gasteiger partial charge in [-0.25, -0.2) is 4.79 Å². The number of hydrogen-bond donors (Lipinski definition) is 1. The Labute approximate surface area is 123 Å². The molecule has 2 rings (SSSR count). The number of carboxylic acid groups (broad SMARTS) is 1. The monoisotopic (exact) mass is 281 g/mol. The quantitative estimate of drug-likeness (QED) is 0.913. The first-order chi connectivity index (χ1) is 10.2. The largest absolute Gasteiger partial charge is 0.497 e. The Morgan fingerprint density at radius 2 is 2.05 bits per heavy atom. The molecule has 2 aromatic carbocycles. The van der Waals surface area contributed by atoms with Crippen molar-refractivity contribution in [2.24, 2.45) is 0 Å². The van der Waals surface area contributed by atoms with Crippen molar-refractivity contribution >= 4 is 5.97 Å². The van der Waals surface area contributed by atoms with Gasteiger partial charge in [-0.2, -0.15) is 5.26 Å². The van der Waals surface area contributed by atoms with E-state index in [1.54, 1.807) is 37.4 Å². The van der Waals surface area contributed by atoms with E-state index in [0.29, 0.717) is 17.7 Å². The number of nitrogens with zero attached hydrogens (tertiary/aromatic N) is 1. The van der Waals surface area contributed by atoms with Gasteiger partial charge in [0.25, 0.3) is 0 Å². The Kier molecular flexibility index (Phi) is 4.57. The van der Waals surface area contributed by atoms with E-state index in [0.717, 1.165) is 5.56 Å². The average Bonchev–Trinajstić information content (AvgIpc) is 2.52. The van der Waals surface area contributed by atoms with E-state index in [-0.39, 0.29) is 5.56 Å². The van der Waals surface area contributed by atoms with Gasteiger partial charge in [-0.15, -0.1) is 0 Å². The lowest BCUT2D eigenvalue weighted by Crippen LogP contribution is -2.07. The average molecular weight is 281 g/mol. The van der Waals surface area contributed by atoms with Gasteiger partial charge in [0.1, 0.15) is 5.75 Å². The SMILES string of the molecule is COc1cccc([C@H](C#N)Cc2ccccc2C(=O)O)c1. The van der Waals surface area contributed by atoms with Gasteiger partial charge in [0.15, 0.2) is 0 Å². The minimum Gasteiger partial charge on any atom is -0.497 e. The van der Waals surface area contributed by atoms with Gasteiger partial charge in [0.05, 0.1) is 24.7 Å². The topological polar surface area (TPSA) is 70.3 Å². The summed E-state index contributed by atoms with van der Waals surface area (Å²) in [4.78, 5) is 11.2. The van der Waals surface area contributed by atoms with E-state index < -0.39 is 11.9 Å². The lowest BCUT2D eigenvalue weighted by atomic mass is 9.91. The molecule has 0 aliphatic rings. The van der Waals surface area contributed by atoms with Crippen LogP contribution in [-0.4, -0.2) is 18.2 Å². The van der Waals surface area contributed by atoms with Crippen LogP contribution in [0.2, 0.25) is 0 Å². The van der Waals surface area contributed by atoms with E-state index in [2.05, 4.69) is 6.07 Å². The molecule has 4 heteroatoms. The second kappa shape index (κ2) is 6.58. The van der Waals surface area contributed by atoms with Crippen LogP contribution in [0.25, 0.3) is 0 Å². The van der Waals surface area contributed by atoms with Crippen LogP contribution >= 0.6 is 0 Å². The van der Waals surface area contributed by atoms with Crippen molar-refractivity contribution in [3.05, 3.63) is 65.2 Å². The third-order valence-corrected chi connectivity index (χ3v) is 3.32. The van der Waals surface area contributed by atoms with E-state index in [4.69, 9.17) is 4.74 Å². The summed E-state index contributed by atoms with van der Waals surface area (Å²) in [6.45, 7) is 0. The molecule has 2 aromatic rings. The lowest BCUT2D eigenvalue weighted by molar-refractivity contribution is 0.0695. The van der Waals surface area contributed by atoms with Gasteiger partial charge < -0.3 is 9.84 Å². The number of ether oxygens (including phenoxy) is 1. The second-order valence-corrected chi connectivity index (χ2v) is 4.62. The fraction of sp³-hybridized carbons (Fsp3) is 0.176. The minimum atomic E-state index is -0.979. The fourth-order valence-corrected chi connectivity index (χ4v) is 2.22. The molecule has 0 heterocycles. The van der Waals surface area contributed by atoms with E-state index in [1.807, 2.05) is 18.2 Å². The Hall–Kier alpha value is -2.80. The Bertz CT molecular complexity index is 688. The molecule has 106 valence electrons. The van der Waals surface area contributed by atoms with Gasteiger partial charge in [0.2, 0.25) is 0 Å². The summed E-state index contributed by atoms with van der Waals surface area (Å²) < 4.78 is 5.16. The maximum absolute atomic E-state index is 11.2. The molecule has 0 aromatic heterocycles. The van der Waals surface area contributed by atoms with Crippen LogP contribution in [0.15, 0.2) is 48.5 Å². The second-order valence-electron chi connectivity index (χ2n) is 4.62. The van der Waals surface area contributed by atoms with Crippen LogP contribution in [0, 0.1) is 11.3 Å². The van der Waals surface area contributed by atoms with Crippen molar-refractivity contribution in [3.63, 3.8) is 0 Å². The molecule has 0 amide bonds. The van der Waals surface area contributed by atoms with Crippen LogP contribution in [0.1, 0.15) is 27.4 Å². The maximum Gasteiger partial charge on any atom is 0.335 e. The first-order valence-corrected chi connectivity index (χ1v) is 6.50. The third kappa shape index (κ3) is 3.40. The summed E-state index contributed by atoms with van der Waals surface area (Å²) in [5.74, 6) is -0.715. The lowest BCUT2D eigenvalue weighted by Gasteiger charge is -2.12. The van der Waals surface area contributed by atoms with Crippen molar-refractivity contribution < 1.29 is 14.6 Å². The van der Waals surface area contributed by atoms with Crippen molar-refractivity contribution in [1.29, 1.82) is 5.26 Å². The summed E-state index contributed by atoms with van der Waals surface area (Å²) in [7, 11) is 1.57. The summed E-state index contributed by atoms with van der Waals surface area (Å²) >= 11 is 0. The number of aromatic carboxylic acids is 1. The summed E-state index contributed by atoms with van der Waals surface area (Å²) in [5, 5.41) is 18.6. The van der Waals surface area contributed by atoms with Crippen molar-refractivity contribution in [2.45, 2.75) is 12.3 Å². The van der Waals surface area contributed by atoms with Gasteiger partial charge >= 0.3 is 5.97 Å². The van der Waals surface area contributed by atoms with Crippen LogP contribution < -0.4 is 4.74 Å². The zero-order chi connectivity index (χ0) is 15.2. The molecular formula is C17H15NO3. The van der Waals surface area contributed by atoms with Crippen molar-refractivity contribution in [2.75, 3.05) is 7.11 Å². The molecule has 1 N–H and O–H groups in total. The maximum atomic E-state index is 11.2. The van der Waals surface area contributed by atoms with E-state index >= 15 is 0 Å². The van der Waals surface area contributed by atoms with Crippen molar-refractivity contribution in [3.8, 4) is 11.8 Å². The van der Waals surface area contributed by atoms with Gasteiger partial charge in [-0.05, 0) is 35.7 Å². The Balaban J connectivity index is 2.32. The molecule has 0 bridgehead atoms. The predicted octanol–water partition coefficient (Wildman–Crippen LogP) is 3.24. The molecule has 0 radical (unpaired) electrons. The molecule has 0 aliphatic heterocycles. The number of carbonyl (C=O) groups is 1. The fourth-order valence-electron chi connectivity index (χ4n) is 2.22. The molecule has 0 saturated heterocycles. The minimum absolute atomic E-state index is 0.237. The number of nitriles is 1. The highest BCUT2D eigenvalue weighted by atomic mass is 16.5. The molecule has 1 atom stereocenters. The van der Waals surface area contributed by atoms with Crippen LogP contribution in [-0.2, 0) is 6.42 Å². The normalized spacial score (nSPS) is 11.4. The molecule has 0 saturated carbocycles. The van der Waals surface area contributed by atoms with Crippen LogP contribution in [0.3, 0.4) is 0 Å². The third-order valence-electron chi connectivity index (χ3n) is 3.32. The zero-order valence-electron chi connectivity index (χ0n) is 11.6. The summed E-state index contributed by atoms with van der Waals surface area (Å²) in [6, 6.07) is 16.3. The summed E-state index contributed by atoms with van der Waals surface area (Å²) in [5.41, 5.74) is 1.71. The Morgan fingerprint density at radius 3 is 2.71 bits per heavy atom. The number of benzene rings is 2. The first-order valence-electron chi connectivity index (χ1n) is 6.50. The van der Waals surface area contributed by atoms with Crippen LogP contribution in [0.4, 0.5) is 0 Å². The number of carboxylic acids is 1. The highest BCUT2D eigenvalue weighted by Crippen LogP contribution is 2.25. The highest BCUT2D eigenvalue weighted by molar-refractivity contribution is 5.89. The smallest absolute Gasteiger partial charge is 0.335 e. The molecular weight excluding hydrogens is 266 g/mol. The van der Waals surface area contributed by atoms with E-state index in [1.165, 1.54) is 0 Å². The predicted molar refractivity (Wildman–Crippen MR) is 78.5 cm³/mol. The van der Waals surface area contributed by atoms with Gasteiger partial charge in [-0.3, -0.25) is 0 Å². The van der Waals surface area contributed by atoms with Crippen molar-refractivity contribution in [1.82, 2.24) is 0 Å². The molecule has 0 unspecified atom stereocenters. The molecule has 0 aliphatic carbocycles. The van der Waals surface area contributed by atoms with Gasteiger partial charge in [-0.1, -0.05) is 30.3 Å². The standard InChI is InChI=1S/C17H15NO3/c1-21-15-7-4-6-12(10-15)14(11-18)9-13-5-2-3-8-16(13)17(19)20/h2-8,10,14H,9H2,1H3,(H,19,20)/t14-/m0/s1. The summed E-state index contributed by atoms with van der Waals surface area (Å²) in [6.07, 6.45) is 0.353. The zero-order valence-corrected chi connectivity index (χ0v) is 11.6. The molecule has 21 heavy (non-hydrogen) atoms. The number of hydrogen-bond acceptors (Lipinski definition) is 3. The Morgan fingerprint density at radius 1 is 1.29 bits per heavy atom.